The van der Waals surface area contributed by atoms with Gasteiger partial charge in [-0.3, -0.25) is 13.8 Å². The number of halogens is 2. The van der Waals surface area contributed by atoms with Crippen molar-refractivity contribution < 1.29 is 8.78 Å². The first kappa shape index (κ1) is 18.8. The van der Waals surface area contributed by atoms with E-state index in [0.29, 0.717) is 10.8 Å². The number of hydrogen-bond acceptors (Lipinski definition) is 5. The normalized spacial score (nSPS) is 12.0. The highest BCUT2D eigenvalue weighted by molar-refractivity contribution is 7.99. The van der Waals surface area contributed by atoms with Crippen molar-refractivity contribution in [2.75, 3.05) is 5.75 Å². The molecule has 0 saturated heterocycles. The predicted molar refractivity (Wildman–Crippen MR) is 107 cm³/mol. The van der Waals surface area contributed by atoms with Crippen LogP contribution in [0.1, 0.15) is 17.4 Å². The van der Waals surface area contributed by atoms with Crippen molar-refractivity contribution in [3.63, 3.8) is 0 Å². The van der Waals surface area contributed by atoms with Gasteiger partial charge in [0.1, 0.15) is 0 Å². The summed E-state index contributed by atoms with van der Waals surface area (Å²) < 4.78 is 30.2. The van der Waals surface area contributed by atoms with Gasteiger partial charge in [0.15, 0.2) is 5.16 Å². The van der Waals surface area contributed by atoms with Gasteiger partial charge in [-0.15, -0.1) is 21.5 Å². The van der Waals surface area contributed by atoms with Crippen molar-refractivity contribution >= 4 is 28.7 Å². The van der Waals surface area contributed by atoms with Crippen LogP contribution in [0.15, 0.2) is 64.1 Å². The molecule has 0 saturated carbocycles. The van der Waals surface area contributed by atoms with Crippen molar-refractivity contribution in [2.24, 2.45) is 0 Å². The summed E-state index contributed by atoms with van der Waals surface area (Å²) >= 11 is 3.23. The topological polar surface area (TPSA) is 52.2 Å². The smallest absolute Gasteiger partial charge is 0.280 e. The molecule has 0 aliphatic heterocycles. The molecule has 0 radical (unpaired) electrons. The highest BCUT2D eigenvalue weighted by atomic mass is 32.2. The van der Waals surface area contributed by atoms with E-state index >= 15 is 0 Å². The van der Waals surface area contributed by atoms with Gasteiger partial charge in [-0.05, 0) is 30.0 Å². The molecule has 3 aromatic heterocycles. The van der Waals surface area contributed by atoms with E-state index in [-0.39, 0.29) is 11.2 Å². The first-order chi connectivity index (χ1) is 13.4. The average molecular weight is 418 g/mol. The van der Waals surface area contributed by atoms with Gasteiger partial charge in [-0.2, -0.15) is 0 Å². The first-order valence-electron chi connectivity index (χ1n) is 8.54. The summed E-state index contributed by atoms with van der Waals surface area (Å²) in [5.41, 5.74) is -0.0315. The van der Waals surface area contributed by atoms with E-state index in [4.69, 9.17) is 0 Å². The second-order valence-corrected chi connectivity index (χ2v) is 8.36. The molecule has 1 aromatic carbocycles. The third-order valence-electron chi connectivity index (χ3n) is 4.23. The van der Waals surface area contributed by atoms with Gasteiger partial charge in [0.05, 0.1) is 0 Å². The number of thioether (sulfide) groups is 1. The summed E-state index contributed by atoms with van der Waals surface area (Å²) in [6, 6.07) is 9.87. The zero-order chi connectivity index (χ0) is 19.7. The van der Waals surface area contributed by atoms with Crippen LogP contribution in [-0.2, 0) is 12.3 Å². The summed E-state index contributed by atoms with van der Waals surface area (Å²) in [4.78, 5) is 14.1. The van der Waals surface area contributed by atoms with E-state index < -0.39 is 11.5 Å². The van der Waals surface area contributed by atoms with Crippen LogP contribution in [0.25, 0.3) is 11.3 Å². The molecule has 0 N–H and O–H groups in total. The van der Waals surface area contributed by atoms with E-state index in [2.05, 4.69) is 16.3 Å². The molecular formula is C19H16F2N4OS2. The fourth-order valence-corrected chi connectivity index (χ4v) is 4.52. The Hall–Kier alpha value is -2.52. The summed E-state index contributed by atoms with van der Waals surface area (Å²) in [7, 11) is 0. The average Bonchev–Trinajstić information content (AvgIpc) is 3.32. The fraction of sp³-hybridized carbons (Fsp3) is 0.211. The summed E-state index contributed by atoms with van der Waals surface area (Å²) in [5, 5.41) is 10.8. The van der Waals surface area contributed by atoms with Crippen LogP contribution in [0, 0.1) is 0 Å². The number of rotatable bonds is 6. The Morgan fingerprint density at radius 1 is 1.18 bits per heavy atom. The van der Waals surface area contributed by atoms with Crippen molar-refractivity contribution in [1.82, 2.24) is 19.2 Å². The minimum atomic E-state index is -2.98. The van der Waals surface area contributed by atoms with Crippen LogP contribution in [0.3, 0.4) is 0 Å². The standard InChI is InChI=1S/C19H16F2N4OS2/c1-19(20,21)13-4-2-5-14(12-13)24-8-9-25-16(17(24)26)22-23-18(25)28-11-7-15-6-3-10-27-15/h2-6,8-10,12H,7,11H2,1H3. The monoisotopic (exact) mass is 418 g/mol. The van der Waals surface area contributed by atoms with Gasteiger partial charge in [0, 0.05) is 41.2 Å². The van der Waals surface area contributed by atoms with Gasteiger partial charge in [-0.1, -0.05) is 30.0 Å². The Bertz CT molecular complexity index is 1160. The molecule has 28 heavy (non-hydrogen) atoms. The van der Waals surface area contributed by atoms with Crippen molar-refractivity contribution in [1.29, 1.82) is 0 Å². The number of fused-ring (bicyclic) bond motifs is 1. The largest absolute Gasteiger partial charge is 0.300 e. The molecule has 0 amide bonds. The van der Waals surface area contributed by atoms with Crippen LogP contribution >= 0.6 is 23.1 Å². The van der Waals surface area contributed by atoms with Crippen LogP contribution < -0.4 is 5.56 Å². The number of benzene rings is 1. The van der Waals surface area contributed by atoms with E-state index in [1.165, 1.54) is 39.4 Å². The van der Waals surface area contributed by atoms with E-state index in [9.17, 15) is 13.6 Å². The molecule has 9 heteroatoms. The lowest BCUT2D eigenvalue weighted by atomic mass is 10.1. The molecule has 4 aromatic rings. The molecular weight excluding hydrogens is 402 g/mol. The lowest BCUT2D eigenvalue weighted by Crippen LogP contribution is -2.20. The Morgan fingerprint density at radius 2 is 2.04 bits per heavy atom. The Balaban J connectivity index is 1.62. The van der Waals surface area contributed by atoms with Gasteiger partial charge in [0.25, 0.3) is 5.92 Å². The van der Waals surface area contributed by atoms with Crippen LogP contribution in [0.4, 0.5) is 8.78 Å². The maximum absolute atomic E-state index is 13.6. The Kier molecular flexibility index (Phi) is 5.03. The van der Waals surface area contributed by atoms with Gasteiger partial charge < -0.3 is 0 Å². The second-order valence-electron chi connectivity index (χ2n) is 6.27. The number of nitrogens with zero attached hydrogens (tertiary/aromatic N) is 4. The summed E-state index contributed by atoms with van der Waals surface area (Å²) in [6.45, 7) is 0.830. The molecule has 3 heterocycles. The lowest BCUT2D eigenvalue weighted by molar-refractivity contribution is 0.0174. The number of aryl methyl sites for hydroxylation is 1. The zero-order valence-corrected chi connectivity index (χ0v) is 16.5. The van der Waals surface area contributed by atoms with Gasteiger partial charge >= 0.3 is 5.56 Å². The molecule has 4 rings (SSSR count). The SMILES string of the molecule is CC(F)(F)c1cccc(-n2ccn3c(SCCc4cccs4)nnc3c2=O)c1. The lowest BCUT2D eigenvalue weighted by Gasteiger charge is -2.13. The predicted octanol–water partition coefficient (Wildman–Crippen LogP) is 4.39. The number of hydrogen-bond donors (Lipinski definition) is 0. The first-order valence-corrected chi connectivity index (χ1v) is 10.4. The Morgan fingerprint density at radius 3 is 2.79 bits per heavy atom. The zero-order valence-electron chi connectivity index (χ0n) is 14.9. The molecule has 5 nitrogen and oxygen atoms in total. The highest BCUT2D eigenvalue weighted by Crippen LogP contribution is 2.28. The number of alkyl halides is 2. The molecule has 144 valence electrons. The number of aromatic nitrogens is 4. The van der Waals surface area contributed by atoms with Gasteiger partial charge in [-0.25, -0.2) is 8.78 Å². The van der Waals surface area contributed by atoms with Crippen molar-refractivity contribution in [3.8, 4) is 5.69 Å². The van der Waals surface area contributed by atoms with Crippen molar-refractivity contribution in [3.05, 3.63) is 75.0 Å². The summed E-state index contributed by atoms with van der Waals surface area (Å²) in [6.07, 6.45) is 4.14. The van der Waals surface area contributed by atoms with E-state index in [1.54, 1.807) is 34.2 Å². The minimum Gasteiger partial charge on any atom is -0.280 e. The quantitative estimate of drug-likeness (QED) is 0.436. The molecule has 0 bridgehead atoms. The third-order valence-corrected chi connectivity index (χ3v) is 6.11. The van der Waals surface area contributed by atoms with Gasteiger partial charge in [0.2, 0.25) is 5.65 Å². The highest BCUT2D eigenvalue weighted by Gasteiger charge is 2.24. The molecule has 0 aliphatic rings. The minimum absolute atomic E-state index is 0.150. The molecule has 0 fully saturated rings. The number of thiophene rings is 1. The fourth-order valence-electron chi connectivity index (χ4n) is 2.79. The van der Waals surface area contributed by atoms with E-state index in [1.807, 2.05) is 11.4 Å². The molecule has 0 atom stereocenters. The van der Waals surface area contributed by atoms with Crippen molar-refractivity contribution in [2.45, 2.75) is 24.4 Å². The van der Waals surface area contributed by atoms with E-state index in [0.717, 1.165) is 19.1 Å². The molecule has 0 spiro atoms. The summed E-state index contributed by atoms with van der Waals surface area (Å²) in [5.74, 6) is -2.16. The Labute approximate surface area is 167 Å². The third kappa shape index (κ3) is 3.72. The second kappa shape index (κ2) is 7.48. The molecule has 0 aliphatic carbocycles. The molecule has 0 unspecified atom stereocenters. The maximum Gasteiger partial charge on any atom is 0.300 e. The van der Waals surface area contributed by atoms with Crippen LogP contribution in [0.2, 0.25) is 0 Å². The van der Waals surface area contributed by atoms with Crippen LogP contribution in [-0.4, -0.2) is 24.9 Å². The van der Waals surface area contributed by atoms with Crippen LogP contribution in [0.5, 0.6) is 0 Å². The maximum atomic E-state index is 13.6.